The number of primary sulfonamides is 1. The quantitative estimate of drug-likeness (QED) is 0.894. The van der Waals surface area contributed by atoms with Gasteiger partial charge in [0.2, 0.25) is 10.0 Å². The van der Waals surface area contributed by atoms with Gasteiger partial charge < -0.3 is 10.1 Å². The first-order valence-electron chi connectivity index (χ1n) is 7.31. The molecule has 3 rings (SSSR count). The van der Waals surface area contributed by atoms with Crippen LogP contribution in [0.4, 0.5) is 5.69 Å². The van der Waals surface area contributed by atoms with E-state index in [0.29, 0.717) is 18.1 Å². The van der Waals surface area contributed by atoms with E-state index < -0.39 is 10.0 Å². The molecule has 116 valence electrons. The van der Waals surface area contributed by atoms with E-state index >= 15 is 0 Å². The number of nitrogens with two attached hydrogens (primary N) is 1. The molecule has 1 aliphatic carbocycles. The Labute approximate surface area is 125 Å². The summed E-state index contributed by atoms with van der Waals surface area (Å²) in [4.78, 5) is 0.139. The summed E-state index contributed by atoms with van der Waals surface area (Å²) in [6, 6.07) is 6.97. The van der Waals surface area contributed by atoms with Gasteiger partial charge in [-0.2, -0.15) is 0 Å². The van der Waals surface area contributed by atoms with Crippen molar-refractivity contribution in [2.75, 3.05) is 11.9 Å². The minimum atomic E-state index is -3.63. The fraction of sp³-hybridized carbons (Fsp3) is 0.600. The lowest BCUT2D eigenvalue weighted by Gasteiger charge is -2.60. The lowest BCUT2D eigenvalue weighted by atomic mass is 9.55. The molecule has 0 radical (unpaired) electrons. The Morgan fingerprint density at radius 3 is 2.57 bits per heavy atom. The van der Waals surface area contributed by atoms with Gasteiger partial charge in [0, 0.05) is 29.7 Å². The van der Waals surface area contributed by atoms with Crippen LogP contribution >= 0.6 is 0 Å². The molecule has 0 bridgehead atoms. The highest BCUT2D eigenvalue weighted by Gasteiger charge is 2.57. The molecule has 3 unspecified atom stereocenters. The largest absolute Gasteiger partial charge is 0.381 e. The number of anilines is 1. The predicted octanol–water partition coefficient (Wildman–Crippen LogP) is 1.95. The summed E-state index contributed by atoms with van der Waals surface area (Å²) in [6.45, 7) is 5.30. The van der Waals surface area contributed by atoms with Gasteiger partial charge in [0.25, 0.3) is 0 Å². The van der Waals surface area contributed by atoms with E-state index in [-0.39, 0.29) is 10.3 Å². The summed E-state index contributed by atoms with van der Waals surface area (Å²) in [6.07, 6.45) is 2.62. The molecule has 1 aliphatic heterocycles. The standard InChI is InChI=1S/C15H22N2O3S/c1-15(2)13(12-4-3-9-20-14(12)15)17-10-5-7-11(8-6-10)21(16,18)19/h5-8,12-14,17H,3-4,9H2,1-2H3,(H2,16,18,19). The molecule has 1 saturated carbocycles. The highest BCUT2D eigenvalue weighted by atomic mass is 32.2. The van der Waals surface area contributed by atoms with Gasteiger partial charge in [-0.3, -0.25) is 0 Å². The zero-order valence-corrected chi connectivity index (χ0v) is 13.2. The number of ether oxygens (including phenoxy) is 1. The highest BCUT2D eigenvalue weighted by Crippen LogP contribution is 2.52. The second kappa shape index (κ2) is 4.97. The Balaban J connectivity index is 1.75. The average Bonchev–Trinajstić information content (AvgIpc) is 2.44. The SMILES string of the molecule is CC1(C)C(Nc2ccc(S(N)(=O)=O)cc2)C2CCCOC21. The van der Waals surface area contributed by atoms with Crippen molar-refractivity contribution >= 4 is 15.7 Å². The normalized spacial score (nSPS) is 31.1. The highest BCUT2D eigenvalue weighted by molar-refractivity contribution is 7.89. The molecule has 21 heavy (non-hydrogen) atoms. The lowest BCUT2D eigenvalue weighted by Crippen LogP contribution is -2.67. The van der Waals surface area contributed by atoms with Crippen LogP contribution in [0.3, 0.4) is 0 Å². The third-order valence-corrected chi connectivity index (χ3v) is 5.77. The van der Waals surface area contributed by atoms with Gasteiger partial charge in [0.05, 0.1) is 11.0 Å². The molecular weight excluding hydrogens is 288 g/mol. The molecule has 3 N–H and O–H groups in total. The molecule has 6 heteroatoms. The van der Waals surface area contributed by atoms with E-state index in [1.807, 2.05) is 0 Å². The molecule has 2 fully saturated rings. The predicted molar refractivity (Wildman–Crippen MR) is 81.5 cm³/mol. The van der Waals surface area contributed by atoms with E-state index in [4.69, 9.17) is 9.88 Å². The lowest BCUT2D eigenvalue weighted by molar-refractivity contribution is -0.177. The molecule has 1 saturated heterocycles. The molecule has 1 heterocycles. The first kappa shape index (κ1) is 14.8. The summed E-state index contributed by atoms with van der Waals surface area (Å²) in [7, 11) is -3.63. The summed E-state index contributed by atoms with van der Waals surface area (Å²) in [5.74, 6) is 0.534. The number of hydrogen-bond acceptors (Lipinski definition) is 4. The van der Waals surface area contributed by atoms with Gasteiger partial charge in [-0.05, 0) is 37.1 Å². The number of nitrogens with one attached hydrogen (secondary N) is 1. The van der Waals surface area contributed by atoms with Gasteiger partial charge >= 0.3 is 0 Å². The van der Waals surface area contributed by atoms with Crippen molar-refractivity contribution in [1.29, 1.82) is 0 Å². The van der Waals surface area contributed by atoms with Crippen LogP contribution in [0, 0.1) is 11.3 Å². The topological polar surface area (TPSA) is 81.4 Å². The van der Waals surface area contributed by atoms with Crippen molar-refractivity contribution in [3.63, 3.8) is 0 Å². The fourth-order valence-electron chi connectivity index (χ4n) is 3.74. The van der Waals surface area contributed by atoms with Gasteiger partial charge in [0.15, 0.2) is 0 Å². The Morgan fingerprint density at radius 1 is 1.29 bits per heavy atom. The summed E-state index contributed by atoms with van der Waals surface area (Å²) in [5.41, 5.74) is 1.01. The Morgan fingerprint density at radius 2 is 1.95 bits per heavy atom. The number of sulfonamides is 1. The Bertz CT molecular complexity index is 625. The average molecular weight is 310 g/mol. The van der Waals surface area contributed by atoms with Crippen molar-refractivity contribution in [3.8, 4) is 0 Å². The molecule has 2 aliphatic rings. The maximum absolute atomic E-state index is 11.3. The smallest absolute Gasteiger partial charge is 0.238 e. The molecule has 0 spiro atoms. The first-order valence-corrected chi connectivity index (χ1v) is 8.86. The third kappa shape index (κ3) is 2.56. The summed E-state index contributed by atoms with van der Waals surface area (Å²) < 4.78 is 28.4. The van der Waals surface area contributed by atoms with Crippen molar-refractivity contribution in [2.45, 2.75) is 43.7 Å². The zero-order chi connectivity index (χ0) is 15.3. The van der Waals surface area contributed by atoms with Crippen LogP contribution in [-0.2, 0) is 14.8 Å². The van der Waals surface area contributed by atoms with Crippen LogP contribution in [0.25, 0.3) is 0 Å². The van der Waals surface area contributed by atoms with E-state index in [2.05, 4.69) is 19.2 Å². The van der Waals surface area contributed by atoms with Crippen LogP contribution in [0.5, 0.6) is 0 Å². The maximum atomic E-state index is 11.3. The summed E-state index contributed by atoms with van der Waals surface area (Å²) in [5, 5.41) is 8.64. The minimum Gasteiger partial charge on any atom is -0.381 e. The second-order valence-corrected chi connectivity index (χ2v) is 8.17. The maximum Gasteiger partial charge on any atom is 0.238 e. The molecule has 5 nitrogen and oxygen atoms in total. The van der Waals surface area contributed by atoms with Crippen LogP contribution < -0.4 is 10.5 Å². The number of benzene rings is 1. The van der Waals surface area contributed by atoms with Gasteiger partial charge in [-0.25, -0.2) is 13.6 Å². The zero-order valence-electron chi connectivity index (χ0n) is 12.4. The first-order chi connectivity index (χ1) is 9.80. The van der Waals surface area contributed by atoms with Crippen molar-refractivity contribution < 1.29 is 13.2 Å². The molecule has 1 aromatic rings. The third-order valence-electron chi connectivity index (χ3n) is 4.84. The summed E-state index contributed by atoms with van der Waals surface area (Å²) >= 11 is 0. The molecule has 0 aromatic heterocycles. The van der Waals surface area contributed by atoms with Crippen LogP contribution in [0.15, 0.2) is 29.2 Å². The van der Waals surface area contributed by atoms with Crippen LogP contribution in [-0.4, -0.2) is 27.2 Å². The van der Waals surface area contributed by atoms with Gasteiger partial charge in [-0.15, -0.1) is 0 Å². The monoisotopic (exact) mass is 310 g/mol. The van der Waals surface area contributed by atoms with Gasteiger partial charge in [0.1, 0.15) is 0 Å². The van der Waals surface area contributed by atoms with Crippen LogP contribution in [0.1, 0.15) is 26.7 Å². The van der Waals surface area contributed by atoms with E-state index in [9.17, 15) is 8.42 Å². The Hall–Kier alpha value is -1.11. The number of hydrogen-bond donors (Lipinski definition) is 2. The van der Waals surface area contributed by atoms with Crippen LogP contribution in [0.2, 0.25) is 0 Å². The Kier molecular flexibility index (Phi) is 3.50. The van der Waals surface area contributed by atoms with E-state index in [1.165, 1.54) is 18.6 Å². The minimum absolute atomic E-state index is 0.0870. The van der Waals surface area contributed by atoms with E-state index in [0.717, 1.165) is 18.7 Å². The molecular formula is C15H22N2O3S. The number of fused-ring (bicyclic) bond motifs is 1. The van der Waals surface area contributed by atoms with E-state index in [1.54, 1.807) is 12.1 Å². The fourth-order valence-corrected chi connectivity index (χ4v) is 4.25. The molecule has 0 amide bonds. The van der Waals surface area contributed by atoms with Crippen molar-refractivity contribution in [2.24, 2.45) is 16.5 Å². The number of rotatable bonds is 3. The van der Waals surface area contributed by atoms with Crippen molar-refractivity contribution in [1.82, 2.24) is 0 Å². The second-order valence-electron chi connectivity index (χ2n) is 6.61. The van der Waals surface area contributed by atoms with Gasteiger partial charge in [-0.1, -0.05) is 13.8 Å². The molecule has 3 atom stereocenters. The molecule has 1 aromatic carbocycles. The van der Waals surface area contributed by atoms with Crippen molar-refractivity contribution in [3.05, 3.63) is 24.3 Å².